The Morgan fingerprint density at radius 3 is 2.38 bits per heavy atom. The Morgan fingerprint density at radius 2 is 1.75 bits per heavy atom. The number of carbonyl (C=O) groups excluding carboxylic acids is 2. The van der Waals surface area contributed by atoms with E-state index in [2.05, 4.69) is 0 Å². The zero-order valence-corrected chi connectivity index (χ0v) is 13.3. The van der Waals surface area contributed by atoms with E-state index in [4.69, 9.17) is 0 Å². The molecule has 2 aromatic rings. The first kappa shape index (κ1) is 16.3. The largest absolute Gasteiger partial charge is 0.387 e. The molecule has 5 heteroatoms. The SMILES string of the molecule is C[C@]1(c2ccccc2)CC(=O)N(C[C@H](O)c2ccc(F)cc2)C1=O. The summed E-state index contributed by atoms with van der Waals surface area (Å²) in [6, 6.07) is 14.5. The number of benzene rings is 2. The predicted molar refractivity (Wildman–Crippen MR) is 86.5 cm³/mol. The quantitative estimate of drug-likeness (QED) is 0.878. The molecule has 24 heavy (non-hydrogen) atoms. The van der Waals surface area contributed by atoms with Crippen LogP contribution < -0.4 is 0 Å². The Labute approximate surface area is 139 Å². The zero-order valence-electron chi connectivity index (χ0n) is 13.3. The van der Waals surface area contributed by atoms with Crippen molar-refractivity contribution in [3.63, 3.8) is 0 Å². The molecule has 0 unspecified atom stereocenters. The van der Waals surface area contributed by atoms with Crippen LogP contribution in [0.1, 0.15) is 30.6 Å². The number of halogens is 1. The van der Waals surface area contributed by atoms with Gasteiger partial charge < -0.3 is 5.11 Å². The van der Waals surface area contributed by atoms with Gasteiger partial charge in [-0.15, -0.1) is 0 Å². The molecular weight excluding hydrogens is 309 g/mol. The van der Waals surface area contributed by atoms with Gasteiger partial charge in [-0.2, -0.15) is 0 Å². The molecule has 124 valence electrons. The fourth-order valence-corrected chi connectivity index (χ4v) is 3.06. The van der Waals surface area contributed by atoms with Gasteiger partial charge in [-0.05, 0) is 30.2 Å². The van der Waals surface area contributed by atoms with E-state index in [9.17, 15) is 19.1 Å². The minimum Gasteiger partial charge on any atom is -0.387 e. The molecule has 2 aromatic carbocycles. The van der Waals surface area contributed by atoms with Crippen molar-refractivity contribution in [2.45, 2.75) is 24.9 Å². The molecule has 0 saturated carbocycles. The standard InChI is InChI=1S/C19H18FNO3/c1-19(14-5-3-2-4-6-14)11-17(23)21(18(19)24)12-16(22)13-7-9-15(20)10-8-13/h2-10,16,22H,11-12H2,1H3/t16-,19+/m0/s1. The number of nitrogens with zero attached hydrogens (tertiary/aromatic N) is 1. The summed E-state index contributed by atoms with van der Waals surface area (Å²) in [7, 11) is 0. The summed E-state index contributed by atoms with van der Waals surface area (Å²) < 4.78 is 13.0. The third kappa shape index (κ3) is 2.83. The van der Waals surface area contributed by atoms with Gasteiger partial charge in [0.25, 0.3) is 0 Å². The predicted octanol–water partition coefficient (Wildman–Crippen LogP) is 2.58. The number of carbonyl (C=O) groups is 2. The number of amides is 2. The highest BCUT2D eigenvalue weighted by molar-refractivity contribution is 6.08. The van der Waals surface area contributed by atoms with Crippen molar-refractivity contribution in [2.75, 3.05) is 6.54 Å². The Morgan fingerprint density at radius 1 is 1.12 bits per heavy atom. The van der Waals surface area contributed by atoms with Crippen LogP contribution in [-0.2, 0) is 15.0 Å². The molecule has 1 saturated heterocycles. The highest BCUT2D eigenvalue weighted by Crippen LogP contribution is 2.36. The van der Waals surface area contributed by atoms with Gasteiger partial charge in [0.15, 0.2) is 0 Å². The highest BCUT2D eigenvalue weighted by Gasteiger charge is 2.49. The smallest absolute Gasteiger partial charge is 0.240 e. The summed E-state index contributed by atoms with van der Waals surface area (Å²) in [4.78, 5) is 26.2. The molecule has 1 N–H and O–H groups in total. The molecule has 0 aromatic heterocycles. The Bertz CT molecular complexity index is 760. The molecule has 1 fully saturated rings. The number of likely N-dealkylation sites (tertiary alicyclic amines) is 1. The van der Waals surface area contributed by atoms with Crippen molar-refractivity contribution >= 4 is 11.8 Å². The van der Waals surface area contributed by atoms with Crippen LogP contribution in [-0.4, -0.2) is 28.4 Å². The van der Waals surface area contributed by atoms with E-state index in [1.54, 1.807) is 6.92 Å². The van der Waals surface area contributed by atoms with Gasteiger partial charge in [0.05, 0.1) is 18.1 Å². The van der Waals surface area contributed by atoms with Crippen molar-refractivity contribution in [3.05, 3.63) is 71.5 Å². The fourth-order valence-electron chi connectivity index (χ4n) is 3.06. The number of aliphatic hydroxyl groups excluding tert-OH is 1. The number of aliphatic hydroxyl groups is 1. The van der Waals surface area contributed by atoms with Gasteiger partial charge in [0.1, 0.15) is 5.82 Å². The number of β-amino-alcohol motifs (C(OH)–C–C–N with tert-alkyl or cyclic N) is 1. The second kappa shape index (κ2) is 6.17. The minimum absolute atomic E-state index is 0.0754. The number of hydrogen-bond acceptors (Lipinski definition) is 3. The Hall–Kier alpha value is -2.53. The van der Waals surface area contributed by atoms with Gasteiger partial charge in [0.2, 0.25) is 11.8 Å². The van der Waals surface area contributed by atoms with Crippen LogP contribution in [0, 0.1) is 5.82 Å². The van der Waals surface area contributed by atoms with E-state index in [1.807, 2.05) is 30.3 Å². The lowest BCUT2D eigenvalue weighted by molar-refractivity contribution is -0.141. The van der Waals surface area contributed by atoms with Crippen molar-refractivity contribution in [3.8, 4) is 0 Å². The second-order valence-corrected chi connectivity index (χ2v) is 6.25. The summed E-state index contributed by atoms with van der Waals surface area (Å²) >= 11 is 0. The molecule has 4 nitrogen and oxygen atoms in total. The van der Waals surface area contributed by atoms with Gasteiger partial charge in [-0.1, -0.05) is 42.5 Å². The second-order valence-electron chi connectivity index (χ2n) is 6.25. The monoisotopic (exact) mass is 327 g/mol. The van der Waals surface area contributed by atoms with E-state index in [0.29, 0.717) is 5.56 Å². The molecule has 1 heterocycles. The first-order valence-corrected chi connectivity index (χ1v) is 7.75. The molecule has 0 radical (unpaired) electrons. The van der Waals surface area contributed by atoms with Crippen molar-refractivity contribution in [1.82, 2.24) is 4.90 Å². The van der Waals surface area contributed by atoms with Gasteiger partial charge in [-0.25, -0.2) is 4.39 Å². The molecule has 2 atom stereocenters. The van der Waals surface area contributed by atoms with Crippen LogP contribution in [0.25, 0.3) is 0 Å². The average molecular weight is 327 g/mol. The molecule has 3 rings (SSSR count). The van der Waals surface area contributed by atoms with Crippen LogP contribution in [0.15, 0.2) is 54.6 Å². The maximum Gasteiger partial charge on any atom is 0.240 e. The lowest BCUT2D eigenvalue weighted by Gasteiger charge is -2.24. The first-order chi connectivity index (χ1) is 11.4. The first-order valence-electron chi connectivity index (χ1n) is 7.75. The summed E-state index contributed by atoms with van der Waals surface area (Å²) in [5, 5.41) is 10.3. The molecule has 1 aliphatic heterocycles. The maximum atomic E-state index is 13.0. The lowest BCUT2D eigenvalue weighted by Crippen LogP contribution is -2.38. The number of imide groups is 1. The van der Waals surface area contributed by atoms with Crippen LogP contribution in [0.4, 0.5) is 4.39 Å². The average Bonchev–Trinajstić information content (AvgIpc) is 2.80. The maximum absolute atomic E-state index is 13.0. The van der Waals surface area contributed by atoms with Crippen LogP contribution in [0.3, 0.4) is 0 Å². The van der Waals surface area contributed by atoms with Crippen LogP contribution >= 0.6 is 0 Å². The molecule has 0 aliphatic carbocycles. The molecule has 0 bridgehead atoms. The van der Waals surface area contributed by atoms with E-state index in [0.717, 1.165) is 10.5 Å². The van der Waals surface area contributed by atoms with E-state index < -0.39 is 17.3 Å². The van der Waals surface area contributed by atoms with Gasteiger partial charge >= 0.3 is 0 Å². The Kier molecular flexibility index (Phi) is 4.20. The normalized spacial score (nSPS) is 22.0. The van der Waals surface area contributed by atoms with E-state index in [1.165, 1.54) is 24.3 Å². The van der Waals surface area contributed by atoms with Gasteiger partial charge in [0, 0.05) is 6.42 Å². The molecule has 0 spiro atoms. The summed E-state index contributed by atoms with van der Waals surface area (Å²) in [5.41, 5.74) is 0.327. The molecular formula is C19H18FNO3. The van der Waals surface area contributed by atoms with Crippen LogP contribution in [0.2, 0.25) is 0 Å². The van der Waals surface area contributed by atoms with E-state index in [-0.39, 0.29) is 24.8 Å². The number of hydrogen-bond donors (Lipinski definition) is 1. The highest BCUT2D eigenvalue weighted by atomic mass is 19.1. The summed E-state index contributed by atoms with van der Waals surface area (Å²) in [5.74, 6) is -1.04. The zero-order chi connectivity index (χ0) is 17.3. The fraction of sp³-hybridized carbons (Fsp3) is 0.263. The summed E-state index contributed by atoms with van der Waals surface area (Å²) in [6.45, 7) is 1.61. The summed E-state index contributed by atoms with van der Waals surface area (Å²) in [6.07, 6.45) is -0.969. The van der Waals surface area contributed by atoms with Crippen molar-refractivity contribution < 1.29 is 19.1 Å². The van der Waals surface area contributed by atoms with Crippen molar-refractivity contribution in [1.29, 1.82) is 0 Å². The van der Waals surface area contributed by atoms with Crippen molar-refractivity contribution in [2.24, 2.45) is 0 Å². The molecule has 2 amide bonds. The number of rotatable bonds is 4. The van der Waals surface area contributed by atoms with Gasteiger partial charge in [-0.3, -0.25) is 14.5 Å². The van der Waals surface area contributed by atoms with Crippen LogP contribution in [0.5, 0.6) is 0 Å². The third-order valence-electron chi connectivity index (χ3n) is 4.54. The third-order valence-corrected chi connectivity index (χ3v) is 4.54. The van der Waals surface area contributed by atoms with E-state index >= 15 is 0 Å². The molecule has 1 aliphatic rings. The Balaban J connectivity index is 1.81. The topological polar surface area (TPSA) is 57.6 Å². The minimum atomic E-state index is -1.04. The lowest BCUT2D eigenvalue weighted by atomic mass is 9.81.